The average Bonchev–Trinajstić information content (AvgIpc) is 2.83. The van der Waals surface area contributed by atoms with Gasteiger partial charge in [-0.15, -0.1) is 0 Å². The monoisotopic (exact) mass is 225 g/mol. The number of ether oxygens (including phenoxy) is 1. The van der Waals surface area contributed by atoms with Crippen LogP contribution >= 0.6 is 0 Å². The first-order valence-corrected chi connectivity index (χ1v) is 6.73. The predicted octanol–water partition coefficient (Wildman–Crippen LogP) is 2.25. The van der Waals surface area contributed by atoms with Gasteiger partial charge in [-0.3, -0.25) is 4.79 Å². The molecule has 0 radical (unpaired) electrons. The summed E-state index contributed by atoms with van der Waals surface area (Å²) in [5.74, 6) is 0.752. The van der Waals surface area contributed by atoms with Gasteiger partial charge in [0.1, 0.15) is 12.1 Å². The summed E-state index contributed by atoms with van der Waals surface area (Å²) in [6.07, 6.45) is 8.12. The van der Waals surface area contributed by atoms with E-state index in [-0.39, 0.29) is 18.1 Å². The Bertz CT molecular complexity index is 236. The molecule has 1 saturated heterocycles. The molecule has 92 valence electrons. The van der Waals surface area contributed by atoms with Gasteiger partial charge in [-0.1, -0.05) is 19.8 Å². The first kappa shape index (κ1) is 11.9. The quantitative estimate of drug-likeness (QED) is 0.749. The summed E-state index contributed by atoms with van der Waals surface area (Å²) < 4.78 is 5.61. The van der Waals surface area contributed by atoms with E-state index < -0.39 is 0 Å². The first-order chi connectivity index (χ1) is 7.79. The van der Waals surface area contributed by atoms with Crippen molar-refractivity contribution in [2.75, 3.05) is 6.54 Å². The van der Waals surface area contributed by atoms with Gasteiger partial charge in [0.25, 0.3) is 0 Å². The number of hydrogen-bond acceptors (Lipinski definition) is 3. The van der Waals surface area contributed by atoms with Crippen molar-refractivity contribution < 1.29 is 9.53 Å². The lowest BCUT2D eigenvalue weighted by atomic mass is 9.85. The Morgan fingerprint density at radius 2 is 2.19 bits per heavy atom. The third-order valence-corrected chi connectivity index (χ3v) is 3.94. The standard InChI is InChI=1S/C13H23NO2/c1-2-10-5-3-6-11(9-10)16-13(15)12-7-4-8-14-12/h10-12,14H,2-9H2,1H3. The normalized spacial score (nSPS) is 34.9. The molecular weight excluding hydrogens is 202 g/mol. The van der Waals surface area contributed by atoms with Crippen molar-refractivity contribution in [1.29, 1.82) is 0 Å². The van der Waals surface area contributed by atoms with Crippen molar-refractivity contribution in [2.45, 2.75) is 64.0 Å². The summed E-state index contributed by atoms with van der Waals surface area (Å²) in [5.41, 5.74) is 0. The number of nitrogens with one attached hydrogen (secondary N) is 1. The fourth-order valence-corrected chi connectivity index (χ4v) is 2.85. The number of carbonyl (C=O) groups is 1. The molecule has 1 aliphatic carbocycles. The maximum Gasteiger partial charge on any atom is 0.323 e. The molecule has 1 saturated carbocycles. The number of hydrogen-bond donors (Lipinski definition) is 1. The van der Waals surface area contributed by atoms with E-state index in [1.807, 2.05) is 0 Å². The van der Waals surface area contributed by atoms with E-state index in [9.17, 15) is 4.79 Å². The predicted molar refractivity (Wildman–Crippen MR) is 63.2 cm³/mol. The largest absolute Gasteiger partial charge is 0.461 e. The number of rotatable bonds is 3. The van der Waals surface area contributed by atoms with Crippen molar-refractivity contribution in [3.05, 3.63) is 0 Å². The molecule has 0 amide bonds. The Labute approximate surface area is 97.9 Å². The van der Waals surface area contributed by atoms with E-state index >= 15 is 0 Å². The Morgan fingerprint density at radius 1 is 1.31 bits per heavy atom. The van der Waals surface area contributed by atoms with Gasteiger partial charge in [0.05, 0.1) is 0 Å². The van der Waals surface area contributed by atoms with E-state index in [0.29, 0.717) is 0 Å². The number of carbonyl (C=O) groups excluding carboxylic acids is 1. The van der Waals surface area contributed by atoms with E-state index in [1.165, 1.54) is 19.3 Å². The molecule has 0 aromatic carbocycles. The summed E-state index contributed by atoms with van der Waals surface area (Å²) in [5, 5.41) is 3.20. The Hall–Kier alpha value is -0.570. The van der Waals surface area contributed by atoms with E-state index in [1.54, 1.807) is 0 Å². The maximum atomic E-state index is 11.8. The van der Waals surface area contributed by atoms with E-state index in [4.69, 9.17) is 4.74 Å². The minimum atomic E-state index is -0.0259. The molecule has 3 unspecified atom stereocenters. The van der Waals surface area contributed by atoms with Gasteiger partial charge in [0, 0.05) is 0 Å². The van der Waals surface area contributed by atoms with E-state index in [2.05, 4.69) is 12.2 Å². The summed E-state index contributed by atoms with van der Waals surface area (Å²) in [6, 6.07) is -0.0259. The van der Waals surface area contributed by atoms with Crippen molar-refractivity contribution >= 4 is 5.97 Å². The van der Waals surface area contributed by atoms with E-state index in [0.717, 1.165) is 38.1 Å². The van der Waals surface area contributed by atoms with Gasteiger partial charge in [-0.05, 0) is 44.6 Å². The van der Waals surface area contributed by atoms with Crippen LogP contribution in [0.4, 0.5) is 0 Å². The van der Waals surface area contributed by atoms with Crippen molar-refractivity contribution in [3.8, 4) is 0 Å². The van der Waals surface area contributed by atoms with Crippen LogP contribution in [0.2, 0.25) is 0 Å². The molecule has 2 fully saturated rings. The van der Waals surface area contributed by atoms with Crippen molar-refractivity contribution in [3.63, 3.8) is 0 Å². The average molecular weight is 225 g/mol. The minimum absolute atomic E-state index is 0.0146. The molecule has 1 heterocycles. The van der Waals surface area contributed by atoms with Crippen LogP contribution in [-0.4, -0.2) is 24.7 Å². The molecule has 3 heteroatoms. The van der Waals surface area contributed by atoms with Crippen LogP contribution in [0.3, 0.4) is 0 Å². The molecule has 0 aromatic rings. The summed E-state index contributed by atoms with van der Waals surface area (Å²) >= 11 is 0. The lowest BCUT2D eigenvalue weighted by Crippen LogP contribution is -2.36. The smallest absolute Gasteiger partial charge is 0.323 e. The van der Waals surface area contributed by atoms with Gasteiger partial charge in [-0.25, -0.2) is 0 Å². The van der Waals surface area contributed by atoms with Crippen LogP contribution in [-0.2, 0) is 9.53 Å². The minimum Gasteiger partial charge on any atom is -0.461 e. The van der Waals surface area contributed by atoms with Crippen molar-refractivity contribution in [1.82, 2.24) is 5.32 Å². The second-order valence-corrected chi connectivity index (χ2v) is 5.15. The fraction of sp³-hybridized carbons (Fsp3) is 0.923. The fourth-order valence-electron chi connectivity index (χ4n) is 2.85. The molecular formula is C13H23NO2. The molecule has 3 atom stereocenters. The summed E-state index contributed by atoms with van der Waals surface area (Å²) in [4.78, 5) is 11.8. The molecule has 1 aliphatic heterocycles. The molecule has 2 aliphatic rings. The Morgan fingerprint density at radius 3 is 2.88 bits per heavy atom. The van der Waals surface area contributed by atoms with Crippen LogP contribution in [0.1, 0.15) is 51.9 Å². The SMILES string of the molecule is CCC1CCCC(OC(=O)C2CCCN2)C1. The molecule has 16 heavy (non-hydrogen) atoms. The van der Waals surface area contributed by atoms with Crippen LogP contribution in [0, 0.1) is 5.92 Å². The summed E-state index contributed by atoms with van der Waals surface area (Å²) in [7, 11) is 0. The van der Waals surface area contributed by atoms with Gasteiger partial charge in [0.15, 0.2) is 0 Å². The number of esters is 1. The highest BCUT2D eigenvalue weighted by Crippen LogP contribution is 2.28. The zero-order chi connectivity index (χ0) is 11.4. The molecule has 2 rings (SSSR count). The lowest BCUT2D eigenvalue weighted by molar-refractivity contribution is -0.153. The molecule has 3 nitrogen and oxygen atoms in total. The highest BCUT2D eigenvalue weighted by atomic mass is 16.5. The topological polar surface area (TPSA) is 38.3 Å². The van der Waals surface area contributed by atoms with Gasteiger partial charge in [-0.2, -0.15) is 0 Å². The van der Waals surface area contributed by atoms with Crippen LogP contribution in [0.25, 0.3) is 0 Å². The van der Waals surface area contributed by atoms with Crippen LogP contribution in [0.5, 0.6) is 0 Å². The molecule has 0 bridgehead atoms. The second kappa shape index (κ2) is 5.67. The third-order valence-electron chi connectivity index (χ3n) is 3.94. The zero-order valence-corrected chi connectivity index (χ0v) is 10.2. The van der Waals surface area contributed by atoms with Crippen molar-refractivity contribution in [2.24, 2.45) is 5.92 Å². The zero-order valence-electron chi connectivity index (χ0n) is 10.2. The van der Waals surface area contributed by atoms with Gasteiger partial charge in [0.2, 0.25) is 0 Å². The summed E-state index contributed by atoms with van der Waals surface area (Å²) in [6.45, 7) is 3.19. The maximum absolute atomic E-state index is 11.8. The Balaban J connectivity index is 1.77. The molecule has 0 aromatic heterocycles. The first-order valence-electron chi connectivity index (χ1n) is 6.73. The van der Waals surface area contributed by atoms with Crippen LogP contribution in [0.15, 0.2) is 0 Å². The Kier molecular flexibility index (Phi) is 4.22. The molecule has 0 spiro atoms. The van der Waals surface area contributed by atoms with Gasteiger partial charge < -0.3 is 10.1 Å². The lowest BCUT2D eigenvalue weighted by Gasteiger charge is -2.28. The highest BCUT2D eigenvalue weighted by Gasteiger charge is 2.28. The van der Waals surface area contributed by atoms with Crippen LogP contribution < -0.4 is 5.32 Å². The third kappa shape index (κ3) is 2.97. The second-order valence-electron chi connectivity index (χ2n) is 5.15. The molecule has 1 N–H and O–H groups in total. The highest BCUT2D eigenvalue weighted by molar-refractivity contribution is 5.76. The van der Waals surface area contributed by atoms with Gasteiger partial charge >= 0.3 is 5.97 Å².